The van der Waals surface area contributed by atoms with Crippen molar-refractivity contribution in [2.24, 2.45) is 0 Å². The Hall–Kier alpha value is -1.95. The summed E-state index contributed by atoms with van der Waals surface area (Å²) in [5.41, 5.74) is 11.6. The van der Waals surface area contributed by atoms with Gasteiger partial charge >= 0.3 is 0 Å². The Bertz CT molecular complexity index is 771. The van der Waals surface area contributed by atoms with Crippen LogP contribution < -0.4 is 10.6 Å². The maximum absolute atomic E-state index is 5.79. The summed E-state index contributed by atoms with van der Waals surface area (Å²) >= 11 is 3.46. The number of halogens is 1. The zero-order valence-corrected chi connectivity index (χ0v) is 18.5. The summed E-state index contributed by atoms with van der Waals surface area (Å²) in [5, 5.41) is 0. The Labute approximate surface area is 165 Å². The van der Waals surface area contributed by atoms with E-state index in [0.29, 0.717) is 6.54 Å². The van der Waals surface area contributed by atoms with Gasteiger partial charge in [0.05, 0.1) is 12.2 Å². The molecular formula is C20H30BrN5. The minimum Gasteiger partial charge on any atom is -0.368 e. The highest BCUT2D eigenvalue weighted by molar-refractivity contribution is 9.10. The maximum Gasteiger partial charge on any atom is 0.223 e. The molecule has 6 heteroatoms. The van der Waals surface area contributed by atoms with Gasteiger partial charge in [-0.05, 0) is 53.4 Å². The fourth-order valence-electron chi connectivity index (χ4n) is 2.58. The van der Waals surface area contributed by atoms with Crippen LogP contribution in [0.3, 0.4) is 0 Å². The van der Waals surface area contributed by atoms with Gasteiger partial charge in [0.15, 0.2) is 0 Å². The van der Waals surface area contributed by atoms with Gasteiger partial charge in [-0.25, -0.2) is 4.98 Å². The number of hydrogen-bond acceptors (Lipinski definition) is 5. The molecule has 0 bridgehead atoms. The van der Waals surface area contributed by atoms with Gasteiger partial charge in [0, 0.05) is 18.3 Å². The molecule has 0 unspecified atom stereocenters. The Morgan fingerprint density at radius 2 is 1.73 bits per heavy atom. The van der Waals surface area contributed by atoms with Gasteiger partial charge < -0.3 is 10.6 Å². The predicted octanol–water partition coefficient (Wildman–Crippen LogP) is 5.23. The molecule has 142 valence electrons. The Balaban J connectivity index is 0.000000791. The summed E-state index contributed by atoms with van der Waals surface area (Å²) in [7, 11) is 0. The zero-order chi connectivity index (χ0) is 19.9. The molecule has 0 aromatic carbocycles. The summed E-state index contributed by atoms with van der Waals surface area (Å²) in [6.45, 7) is 15.8. The summed E-state index contributed by atoms with van der Waals surface area (Å²) < 4.78 is 0.723. The quantitative estimate of drug-likeness (QED) is 0.674. The van der Waals surface area contributed by atoms with E-state index in [1.807, 2.05) is 40.0 Å². The molecule has 3 heterocycles. The molecule has 0 fully saturated rings. The number of pyridine rings is 1. The third kappa shape index (κ3) is 4.81. The standard InChI is InChI=1S/C16H18BrN5.2C2H6/c1-9-7-19-13(11(3)10(9)2)8-22-6-4-5-12-14(17)20-16(18)21-15(12)22;2*1-2/h4-5,7H,6,8H2,1-3H3,(H2,18,20,21);2*1-2H3. The second-order valence-electron chi connectivity index (χ2n) is 5.53. The van der Waals surface area contributed by atoms with Crippen LogP contribution in [-0.4, -0.2) is 21.5 Å². The lowest BCUT2D eigenvalue weighted by Gasteiger charge is -2.27. The summed E-state index contributed by atoms with van der Waals surface area (Å²) in [6, 6.07) is 0. The van der Waals surface area contributed by atoms with Crippen molar-refractivity contribution in [1.82, 2.24) is 15.0 Å². The van der Waals surface area contributed by atoms with Crippen LogP contribution in [-0.2, 0) is 6.54 Å². The monoisotopic (exact) mass is 419 g/mol. The molecule has 0 aliphatic carbocycles. The van der Waals surface area contributed by atoms with Gasteiger partial charge in [-0.15, -0.1) is 0 Å². The molecule has 2 aromatic rings. The maximum atomic E-state index is 5.79. The van der Waals surface area contributed by atoms with Crippen LogP contribution in [0.1, 0.15) is 55.6 Å². The third-order valence-corrected chi connectivity index (χ3v) is 4.75. The number of nitrogens with two attached hydrogens (primary N) is 1. The molecule has 0 atom stereocenters. The normalized spacial score (nSPS) is 11.8. The minimum atomic E-state index is 0.274. The molecule has 0 saturated carbocycles. The first kappa shape index (κ1) is 22.1. The van der Waals surface area contributed by atoms with Crippen molar-refractivity contribution >= 4 is 33.8 Å². The van der Waals surface area contributed by atoms with Gasteiger partial charge in [0.25, 0.3) is 0 Å². The molecule has 1 aliphatic heterocycles. The minimum absolute atomic E-state index is 0.274. The molecule has 0 saturated heterocycles. The van der Waals surface area contributed by atoms with E-state index in [0.717, 1.165) is 28.2 Å². The lowest BCUT2D eigenvalue weighted by Crippen LogP contribution is -2.28. The van der Waals surface area contributed by atoms with Crippen LogP contribution in [0.5, 0.6) is 0 Å². The SMILES string of the molecule is CC.CC.Cc1cnc(CN2CC=Cc3c(Br)nc(N)nc32)c(C)c1C. The number of aryl methyl sites for hydroxylation is 1. The van der Waals surface area contributed by atoms with E-state index < -0.39 is 0 Å². The molecule has 26 heavy (non-hydrogen) atoms. The van der Waals surface area contributed by atoms with Gasteiger partial charge in [-0.3, -0.25) is 4.98 Å². The highest BCUT2D eigenvalue weighted by atomic mass is 79.9. The molecule has 0 radical (unpaired) electrons. The second kappa shape index (κ2) is 10.3. The first-order valence-corrected chi connectivity index (χ1v) is 9.93. The molecule has 2 N–H and O–H groups in total. The van der Waals surface area contributed by atoms with Crippen LogP contribution in [0.25, 0.3) is 6.08 Å². The van der Waals surface area contributed by atoms with E-state index >= 15 is 0 Å². The first-order chi connectivity index (χ1) is 12.5. The van der Waals surface area contributed by atoms with Gasteiger partial charge in [0.2, 0.25) is 5.95 Å². The number of aromatic nitrogens is 3. The topological polar surface area (TPSA) is 67.9 Å². The number of hydrogen-bond donors (Lipinski definition) is 1. The number of rotatable bonds is 2. The number of nitrogens with zero attached hydrogens (tertiary/aromatic N) is 4. The van der Waals surface area contributed by atoms with E-state index in [-0.39, 0.29) is 5.95 Å². The summed E-state index contributed by atoms with van der Waals surface area (Å²) in [4.78, 5) is 15.3. The van der Waals surface area contributed by atoms with Gasteiger partial charge in [-0.1, -0.05) is 39.8 Å². The summed E-state index contributed by atoms with van der Waals surface area (Å²) in [5.74, 6) is 1.12. The molecular weight excluding hydrogens is 390 g/mol. The van der Waals surface area contributed by atoms with E-state index in [2.05, 4.69) is 62.6 Å². The Morgan fingerprint density at radius 3 is 2.38 bits per heavy atom. The number of anilines is 2. The van der Waals surface area contributed by atoms with E-state index in [9.17, 15) is 0 Å². The lowest BCUT2D eigenvalue weighted by atomic mass is 10.0. The van der Waals surface area contributed by atoms with Crippen molar-refractivity contribution in [3.8, 4) is 0 Å². The smallest absolute Gasteiger partial charge is 0.223 e. The van der Waals surface area contributed by atoms with Crippen molar-refractivity contribution in [3.05, 3.63) is 44.8 Å². The Morgan fingerprint density at radius 1 is 1.08 bits per heavy atom. The molecule has 0 amide bonds. The van der Waals surface area contributed by atoms with E-state index in [1.54, 1.807) is 0 Å². The Kier molecular flexibility index (Phi) is 8.72. The van der Waals surface area contributed by atoms with Crippen molar-refractivity contribution in [3.63, 3.8) is 0 Å². The molecule has 1 aliphatic rings. The van der Waals surface area contributed by atoms with Gasteiger partial charge in [-0.2, -0.15) is 4.98 Å². The number of nitrogen functional groups attached to an aromatic ring is 1. The van der Waals surface area contributed by atoms with Gasteiger partial charge in [0.1, 0.15) is 10.4 Å². The van der Waals surface area contributed by atoms with Crippen LogP contribution in [0, 0.1) is 20.8 Å². The van der Waals surface area contributed by atoms with Crippen molar-refractivity contribution in [2.45, 2.75) is 55.0 Å². The highest BCUT2D eigenvalue weighted by Crippen LogP contribution is 2.31. The predicted molar refractivity (Wildman–Crippen MR) is 115 cm³/mol. The first-order valence-electron chi connectivity index (χ1n) is 9.13. The fraction of sp³-hybridized carbons (Fsp3) is 0.450. The molecule has 2 aromatic heterocycles. The lowest BCUT2D eigenvalue weighted by molar-refractivity contribution is 0.802. The largest absolute Gasteiger partial charge is 0.368 e. The van der Waals surface area contributed by atoms with E-state index in [1.165, 1.54) is 16.7 Å². The fourth-order valence-corrected chi connectivity index (χ4v) is 3.07. The number of fused-ring (bicyclic) bond motifs is 1. The van der Waals surface area contributed by atoms with Crippen molar-refractivity contribution < 1.29 is 0 Å². The van der Waals surface area contributed by atoms with Crippen LogP contribution >= 0.6 is 15.9 Å². The molecule has 0 spiro atoms. The van der Waals surface area contributed by atoms with E-state index in [4.69, 9.17) is 5.73 Å². The summed E-state index contributed by atoms with van der Waals surface area (Å²) in [6.07, 6.45) is 6.06. The van der Waals surface area contributed by atoms with Crippen LogP contribution in [0.15, 0.2) is 16.9 Å². The zero-order valence-electron chi connectivity index (χ0n) is 16.9. The highest BCUT2D eigenvalue weighted by Gasteiger charge is 2.20. The van der Waals surface area contributed by atoms with Crippen molar-refractivity contribution in [2.75, 3.05) is 17.2 Å². The second-order valence-corrected chi connectivity index (χ2v) is 6.28. The van der Waals surface area contributed by atoms with Crippen LogP contribution in [0.2, 0.25) is 0 Å². The molecule has 5 nitrogen and oxygen atoms in total. The average Bonchev–Trinajstić information content (AvgIpc) is 2.66. The molecule has 3 rings (SSSR count). The average molecular weight is 420 g/mol. The van der Waals surface area contributed by atoms with Crippen LogP contribution in [0.4, 0.5) is 11.8 Å². The third-order valence-electron chi connectivity index (χ3n) is 4.15. The van der Waals surface area contributed by atoms with Crippen molar-refractivity contribution in [1.29, 1.82) is 0 Å².